The van der Waals surface area contributed by atoms with Gasteiger partial charge in [0.05, 0.1) is 24.9 Å². The van der Waals surface area contributed by atoms with Crippen molar-refractivity contribution in [3.63, 3.8) is 0 Å². The van der Waals surface area contributed by atoms with Crippen molar-refractivity contribution in [3.8, 4) is 28.6 Å². The number of ether oxygens (including phenoxy) is 1. The molecule has 144 valence electrons. The van der Waals surface area contributed by atoms with E-state index in [1.807, 2.05) is 54.6 Å². The van der Waals surface area contributed by atoms with Crippen molar-refractivity contribution in [1.29, 1.82) is 0 Å². The van der Waals surface area contributed by atoms with E-state index in [2.05, 4.69) is 10.1 Å². The Morgan fingerprint density at radius 3 is 2.66 bits per heavy atom. The number of hydrogen-bond donors (Lipinski definition) is 0. The average Bonchev–Trinajstić information content (AvgIpc) is 3.43. The number of carbonyl (C=O) groups is 1. The maximum atomic E-state index is 12.2. The van der Waals surface area contributed by atoms with Gasteiger partial charge in [0.2, 0.25) is 5.82 Å². The van der Waals surface area contributed by atoms with Crippen LogP contribution in [0.25, 0.3) is 22.8 Å². The summed E-state index contributed by atoms with van der Waals surface area (Å²) < 4.78 is 16.4. The van der Waals surface area contributed by atoms with Crippen LogP contribution in [0.15, 0.2) is 82.1 Å². The molecule has 0 saturated carbocycles. The smallest absolute Gasteiger partial charge is 0.258 e. The van der Waals surface area contributed by atoms with Gasteiger partial charge in [-0.05, 0) is 24.3 Å². The lowest BCUT2D eigenvalue weighted by atomic mass is 10.1. The number of rotatable bonds is 5. The summed E-state index contributed by atoms with van der Waals surface area (Å²) in [6.45, 7) is 1.07. The molecular formula is C22H17N3O4. The summed E-state index contributed by atoms with van der Waals surface area (Å²) >= 11 is 0. The predicted molar refractivity (Wildman–Crippen MR) is 104 cm³/mol. The molecule has 0 spiro atoms. The fourth-order valence-corrected chi connectivity index (χ4v) is 3.19. The molecule has 1 fully saturated rings. The second kappa shape index (κ2) is 7.27. The Bertz CT molecular complexity index is 1120. The van der Waals surface area contributed by atoms with Crippen LogP contribution in [0.5, 0.6) is 5.75 Å². The third-order valence-electron chi connectivity index (χ3n) is 4.75. The van der Waals surface area contributed by atoms with Gasteiger partial charge < -0.3 is 18.6 Å². The Morgan fingerprint density at radius 1 is 1.03 bits per heavy atom. The van der Waals surface area contributed by atoms with Gasteiger partial charge in [0, 0.05) is 11.1 Å². The number of amides is 1. The molecule has 1 aliphatic heterocycles. The van der Waals surface area contributed by atoms with E-state index in [1.165, 1.54) is 12.5 Å². The monoisotopic (exact) mass is 387 g/mol. The summed E-state index contributed by atoms with van der Waals surface area (Å²) in [4.78, 5) is 18.4. The molecule has 7 nitrogen and oxygen atoms in total. The van der Waals surface area contributed by atoms with Crippen molar-refractivity contribution in [2.75, 3.05) is 13.1 Å². The van der Waals surface area contributed by atoms with Crippen molar-refractivity contribution in [2.45, 2.75) is 6.10 Å². The van der Waals surface area contributed by atoms with Crippen molar-refractivity contribution in [2.24, 2.45) is 0 Å². The molecule has 29 heavy (non-hydrogen) atoms. The number of nitrogens with zero attached hydrogens (tertiary/aromatic N) is 3. The SMILES string of the molecule is O=C(c1ccoc1)N1CC(Oc2cccc(-c3nc(-c4ccccc4)no3)c2)C1. The molecule has 0 unspecified atom stereocenters. The molecule has 7 heteroatoms. The minimum absolute atomic E-state index is 0.0494. The van der Waals surface area contributed by atoms with E-state index in [-0.39, 0.29) is 12.0 Å². The second-order valence-corrected chi connectivity index (χ2v) is 6.78. The predicted octanol–water partition coefficient (Wildman–Crippen LogP) is 3.90. The Labute approximate surface area is 166 Å². The Kier molecular flexibility index (Phi) is 4.32. The van der Waals surface area contributed by atoms with Gasteiger partial charge in [0.25, 0.3) is 11.8 Å². The lowest BCUT2D eigenvalue weighted by Crippen LogP contribution is -2.56. The minimum Gasteiger partial charge on any atom is -0.487 e. The molecule has 0 radical (unpaired) electrons. The van der Waals surface area contributed by atoms with Crippen molar-refractivity contribution < 1.29 is 18.5 Å². The highest BCUT2D eigenvalue weighted by Crippen LogP contribution is 2.27. The quantitative estimate of drug-likeness (QED) is 0.517. The highest BCUT2D eigenvalue weighted by molar-refractivity contribution is 5.94. The maximum Gasteiger partial charge on any atom is 0.258 e. The van der Waals surface area contributed by atoms with E-state index in [1.54, 1.807) is 11.0 Å². The van der Waals surface area contributed by atoms with Gasteiger partial charge >= 0.3 is 0 Å². The molecule has 0 aliphatic carbocycles. The molecule has 1 aliphatic rings. The average molecular weight is 387 g/mol. The van der Waals surface area contributed by atoms with Crippen LogP contribution in [0.4, 0.5) is 0 Å². The molecule has 2 aromatic heterocycles. The first-order valence-corrected chi connectivity index (χ1v) is 9.24. The standard InChI is InChI=1S/C22H17N3O4/c26-22(17-9-10-27-14-17)25-12-19(13-25)28-18-8-4-7-16(11-18)21-23-20(24-29-21)15-5-2-1-3-6-15/h1-11,14,19H,12-13H2. The van der Waals surface area contributed by atoms with Crippen LogP contribution < -0.4 is 4.74 Å². The summed E-state index contributed by atoms with van der Waals surface area (Å²) in [7, 11) is 0. The van der Waals surface area contributed by atoms with Gasteiger partial charge in [-0.15, -0.1) is 0 Å². The summed E-state index contributed by atoms with van der Waals surface area (Å²) in [5.41, 5.74) is 2.23. The second-order valence-electron chi connectivity index (χ2n) is 6.78. The van der Waals surface area contributed by atoms with E-state index < -0.39 is 0 Å². The summed E-state index contributed by atoms with van der Waals surface area (Å²) in [5, 5.41) is 4.06. The molecule has 1 amide bonds. The number of furan rings is 1. The van der Waals surface area contributed by atoms with E-state index in [9.17, 15) is 4.79 Å². The van der Waals surface area contributed by atoms with Crippen LogP contribution in [0.1, 0.15) is 10.4 Å². The highest BCUT2D eigenvalue weighted by atomic mass is 16.5. The zero-order valence-corrected chi connectivity index (χ0v) is 15.4. The fourth-order valence-electron chi connectivity index (χ4n) is 3.19. The van der Waals surface area contributed by atoms with E-state index >= 15 is 0 Å². The first kappa shape index (κ1) is 17.2. The largest absolute Gasteiger partial charge is 0.487 e. The van der Waals surface area contributed by atoms with Gasteiger partial charge in [0.1, 0.15) is 18.1 Å². The minimum atomic E-state index is -0.0522. The summed E-state index contributed by atoms with van der Waals surface area (Å²) in [6.07, 6.45) is 2.89. The number of carbonyl (C=O) groups excluding carboxylic acids is 1. The van der Waals surface area contributed by atoms with Crippen LogP contribution in [-0.2, 0) is 0 Å². The lowest BCUT2D eigenvalue weighted by molar-refractivity contribution is 0.0177. The third kappa shape index (κ3) is 3.50. The van der Waals surface area contributed by atoms with Gasteiger partial charge in [-0.1, -0.05) is 41.6 Å². The Balaban J connectivity index is 1.24. The first-order chi connectivity index (χ1) is 14.3. The Hall–Kier alpha value is -3.87. The molecule has 1 saturated heterocycles. The highest BCUT2D eigenvalue weighted by Gasteiger charge is 2.33. The zero-order valence-electron chi connectivity index (χ0n) is 15.4. The summed E-state index contributed by atoms with van der Waals surface area (Å²) in [6, 6.07) is 18.8. The lowest BCUT2D eigenvalue weighted by Gasteiger charge is -2.38. The van der Waals surface area contributed by atoms with Crippen LogP contribution in [-0.4, -0.2) is 40.1 Å². The molecule has 5 rings (SSSR count). The third-order valence-corrected chi connectivity index (χ3v) is 4.75. The van der Waals surface area contributed by atoms with Crippen LogP contribution >= 0.6 is 0 Å². The van der Waals surface area contributed by atoms with Gasteiger partial charge in [0.15, 0.2) is 0 Å². The topological polar surface area (TPSA) is 81.6 Å². The van der Waals surface area contributed by atoms with E-state index in [4.69, 9.17) is 13.7 Å². The molecular weight excluding hydrogens is 370 g/mol. The molecule has 0 N–H and O–H groups in total. The molecule has 0 bridgehead atoms. The number of hydrogen-bond acceptors (Lipinski definition) is 6. The number of aromatic nitrogens is 2. The molecule has 0 atom stereocenters. The van der Waals surface area contributed by atoms with Gasteiger partial charge in [-0.3, -0.25) is 4.79 Å². The maximum absolute atomic E-state index is 12.2. The normalized spacial score (nSPS) is 13.9. The number of likely N-dealkylation sites (tertiary alicyclic amines) is 1. The molecule has 2 aromatic carbocycles. The summed E-state index contributed by atoms with van der Waals surface area (Å²) in [5.74, 6) is 1.62. The van der Waals surface area contributed by atoms with Gasteiger partial charge in [-0.25, -0.2) is 0 Å². The van der Waals surface area contributed by atoms with Crippen molar-refractivity contribution in [3.05, 3.63) is 78.8 Å². The molecule has 3 heterocycles. The zero-order chi connectivity index (χ0) is 19.6. The van der Waals surface area contributed by atoms with Crippen molar-refractivity contribution >= 4 is 5.91 Å². The first-order valence-electron chi connectivity index (χ1n) is 9.24. The number of benzene rings is 2. The van der Waals surface area contributed by atoms with Crippen LogP contribution in [0, 0.1) is 0 Å². The fraction of sp³-hybridized carbons (Fsp3) is 0.136. The Morgan fingerprint density at radius 2 is 1.86 bits per heavy atom. The van der Waals surface area contributed by atoms with Crippen LogP contribution in [0.3, 0.4) is 0 Å². The van der Waals surface area contributed by atoms with Gasteiger partial charge in [-0.2, -0.15) is 4.98 Å². The molecule has 4 aromatic rings. The van der Waals surface area contributed by atoms with Crippen molar-refractivity contribution in [1.82, 2.24) is 15.0 Å². The van der Waals surface area contributed by atoms with E-state index in [0.717, 1.165) is 11.1 Å². The van der Waals surface area contributed by atoms with Crippen LogP contribution in [0.2, 0.25) is 0 Å². The van der Waals surface area contributed by atoms with E-state index in [0.29, 0.717) is 36.1 Å².